The Labute approximate surface area is 114 Å². The maximum atomic E-state index is 11.9. The van der Waals surface area contributed by atoms with Crippen molar-refractivity contribution < 1.29 is 4.79 Å². The molecule has 0 atom stereocenters. The van der Waals surface area contributed by atoms with Crippen molar-refractivity contribution >= 4 is 27.8 Å². The Bertz CT molecular complexity index is 570. The molecule has 0 saturated carbocycles. The van der Waals surface area contributed by atoms with Gasteiger partial charge in [0.15, 0.2) is 5.78 Å². The van der Waals surface area contributed by atoms with Crippen LogP contribution in [0.4, 0.5) is 0 Å². The van der Waals surface area contributed by atoms with Crippen LogP contribution in [0.1, 0.15) is 22.8 Å². The Balaban J connectivity index is 2.09. The van der Waals surface area contributed by atoms with E-state index in [1.165, 1.54) is 0 Å². The fourth-order valence-electron chi connectivity index (χ4n) is 1.52. The predicted molar refractivity (Wildman–Crippen MR) is 75.4 cm³/mol. The molecule has 0 aliphatic heterocycles. The van der Waals surface area contributed by atoms with Gasteiger partial charge in [0.1, 0.15) is 0 Å². The van der Waals surface area contributed by atoms with Crippen LogP contribution >= 0.6 is 15.9 Å². The Hall–Kier alpha value is -1.68. The van der Waals surface area contributed by atoms with E-state index in [0.29, 0.717) is 5.56 Å². The molecule has 0 N–H and O–H groups in total. The second-order valence-corrected chi connectivity index (χ2v) is 4.75. The number of benzene rings is 1. The van der Waals surface area contributed by atoms with Crippen LogP contribution in [-0.2, 0) is 6.54 Å². The second-order valence-electron chi connectivity index (χ2n) is 3.83. The molecule has 0 amide bonds. The van der Waals surface area contributed by atoms with Gasteiger partial charge in [-0.05, 0) is 43.3 Å². The molecular weight excluding hydrogens is 292 g/mol. The minimum absolute atomic E-state index is 0.00764. The maximum absolute atomic E-state index is 11.9. The standard InChI is InChI=1S/C14H13BrN2O/c1-2-17-10-11(9-16-17)3-8-14(18)12-4-6-13(15)7-5-12/h3-10H,2H2,1H3/b8-3+. The fourth-order valence-corrected chi connectivity index (χ4v) is 1.79. The summed E-state index contributed by atoms with van der Waals surface area (Å²) in [6, 6.07) is 7.31. The Kier molecular flexibility index (Phi) is 4.10. The van der Waals surface area contributed by atoms with E-state index in [4.69, 9.17) is 0 Å². The van der Waals surface area contributed by atoms with Gasteiger partial charge in [-0.1, -0.05) is 15.9 Å². The summed E-state index contributed by atoms with van der Waals surface area (Å²) in [7, 11) is 0. The third-order valence-corrected chi connectivity index (χ3v) is 3.06. The average Bonchev–Trinajstić information content (AvgIpc) is 2.85. The first-order chi connectivity index (χ1) is 8.69. The number of carbonyl (C=O) groups excluding carboxylic acids is 1. The molecule has 18 heavy (non-hydrogen) atoms. The third kappa shape index (κ3) is 3.17. The van der Waals surface area contributed by atoms with Crippen LogP contribution in [0.3, 0.4) is 0 Å². The molecule has 0 aliphatic rings. The molecule has 0 aliphatic carbocycles. The zero-order valence-electron chi connectivity index (χ0n) is 10.0. The first-order valence-electron chi connectivity index (χ1n) is 5.69. The number of carbonyl (C=O) groups is 1. The molecule has 0 spiro atoms. The van der Waals surface area contributed by atoms with Crippen LogP contribution < -0.4 is 0 Å². The SMILES string of the molecule is CCn1cc(/C=C/C(=O)c2ccc(Br)cc2)cn1. The van der Waals surface area contributed by atoms with Crippen molar-refractivity contribution in [1.29, 1.82) is 0 Å². The molecular formula is C14H13BrN2O. The van der Waals surface area contributed by atoms with Gasteiger partial charge < -0.3 is 0 Å². The fraction of sp³-hybridized carbons (Fsp3) is 0.143. The number of aromatic nitrogens is 2. The highest BCUT2D eigenvalue weighted by Crippen LogP contribution is 2.12. The molecule has 3 nitrogen and oxygen atoms in total. The Morgan fingerprint density at radius 1 is 1.39 bits per heavy atom. The van der Waals surface area contributed by atoms with Gasteiger partial charge in [0.05, 0.1) is 6.20 Å². The Morgan fingerprint density at radius 3 is 2.72 bits per heavy atom. The highest BCUT2D eigenvalue weighted by Gasteiger charge is 2.01. The van der Waals surface area contributed by atoms with E-state index < -0.39 is 0 Å². The monoisotopic (exact) mass is 304 g/mol. The molecule has 4 heteroatoms. The van der Waals surface area contributed by atoms with Crippen LogP contribution in [0.15, 0.2) is 47.2 Å². The van der Waals surface area contributed by atoms with Gasteiger partial charge in [0.25, 0.3) is 0 Å². The van der Waals surface area contributed by atoms with Gasteiger partial charge in [0, 0.05) is 28.3 Å². The summed E-state index contributed by atoms with van der Waals surface area (Å²) in [6.45, 7) is 2.85. The quantitative estimate of drug-likeness (QED) is 0.639. The largest absolute Gasteiger partial charge is 0.289 e. The lowest BCUT2D eigenvalue weighted by atomic mass is 10.1. The van der Waals surface area contributed by atoms with Crippen LogP contribution in [0.25, 0.3) is 6.08 Å². The first kappa shape index (κ1) is 12.8. The van der Waals surface area contributed by atoms with E-state index in [1.807, 2.05) is 29.9 Å². The molecule has 2 aromatic rings. The molecule has 0 bridgehead atoms. The molecule has 1 heterocycles. The van der Waals surface area contributed by atoms with Gasteiger partial charge in [0.2, 0.25) is 0 Å². The van der Waals surface area contributed by atoms with Crippen molar-refractivity contribution in [3.63, 3.8) is 0 Å². The minimum Gasteiger partial charge on any atom is -0.289 e. The van der Waals surface area contributed by atoms with E-state index in [9.17, 15) is 4.79 Å². The number of rotatable bonds is 4. The van der Waals surface area contributed by atoms with E-state index in [0.717, 1.165) is 16.6 Å². The average molecular weight is 305 g/mol. The summed E-state index contributed by atoms with van der Waals surface area (Å²) < 4.78 is 2.79. The Morgan fingerprint density at radius 2 is 2.11 bits per heavy atom. The van der Waals surface area contributed by atoms with Crippen LogP contribution in [0, 0.1) is 0 Å². The van der Waals surface area contributed by atoms with Gasteiger partial charge in [-0.25, -0.2) is 0 Å². The summed E-state index contributed by atoms with van der Waals surface area (Å²) in [5.41, 5.74) is 1.61. The van der Waals surface area contributed by atoms with E-state index in [-0.39, 0.29) is 5.78 Å². The molecule has 1 aromatic carbocycles. The smallest absolute Gasteiger partial charge is 0.185 e. The van der Waals surface area contributed by atoms with Crippen molar-refractivity contribution in [2.24, 2.45) is 0 Å². The van der Waals surface area contributed by atoms with E-state index >= 15 is 0 Å². The lowest BCUT2D eigenvalue weighted by molar-refractivity contribution is 0.104. The summed E-state index contributed by atoms with van der Waals surface area (Å²) in [5, 5.41) is 4.14. The zero-order valence-corrected chi connectivity index (χ0v) is 11.6. The van der Waals surface area contributed by atoms with Crippen molar-refractivity contribution in [1.82, 2.24) is 9.78 Å². The van der Waals surface area contributed by atoms with Gasteiger partial charge in [-0.3, -0.25) is 9.48 Å². The zero-order chi connectivity index (χ0) is 13.0. The van der Waals surface area contributed by atoms with Crippen molar-refractivity contribution in [2.45, 2.75) is 13.5 Å². The highest BCUT2D eigenvalue weighted by atomic mass is 79.9. The molecule has 0 saturated heterocycles. The molecule has 0 radical (unpaired) electrons. The number of hydrogen-bond acceptors (Lipinski definition) is 2. The topological polar surface area (TPSA) is 34.9 Å². The first-order valence-corrected chi connectivity index (χ1v) is 6.49. The molecule has 0 unspecified atom stereocenters. The summed E-state index contributed by atoms with van der Waals surface area (Å²) >= 11 is 3.34. The molecule has 0 fully saturated rings. The summed E-state index contributed by atoms with van der Waals surface area (Å²) in [6.07, 6.45) is 7.00. The van der Waals surface area contributed by atoms with Crippen molar-refractivity contribution in [3.05, 3.63) is 58.3 Å². The molecule has 2 rings (SSSR count). The highest BCUT2D eigenvalue weighted by molar-refractivity contribution is 9.10. The van der Waals surface area contributed by atoms with Crippen LogP contribution in [0.5, 0.6) is 0 Å². The van der Waals surface area contributed by atoms with E-state index in [1.54, 1.807) is 30.5 Å². The van der Waals surface area contributed by atoms with Gasteiger partial charge in [-0.15, -0.1) is 0 Å². The summed E-state index contributed by atoms with van der Waals surface area (Å²) in [4.78, 5) is 11.9. The predicted octanol–water partition coefficient (Wildman–Crippen LogP) is 3.56. The van der Waals surface area contributed by atoms with Crippen LogP contribution in [0.2, 0.25) is 0 Å². The number of halogens is 1. The van der Waals surface area contributed by atoms with Crippen molar-refractivity contribution in [3.8, 4) is 0 Å². The molecule has 92 valence electrons. The number of ketones is 1. The number of aryl methyl sites for hydroxylation is 1. The maximum Gasteiger partial charge on any atom is 0.185 e. The van der Waals surface area contributed by atoms with Crippen molar-refractivity contribution in [2.75, 3.05) is 0 Å². The minimum atomic E-state index is -0.00764. The number of nitrogens with zero attached hydrogens (tertiary/aromatic N) is 2. The lowest BCUT2D eigenvalue weighted by Crippen LogP contribution is -1.93. The number of allylic oxidation sites excluding steroid dienone is 1. The summed E-state index contributed by atoms with van der Waals surface area (Å²) in [5.74, 6) is -0.00764. The van der Waals surface area contributed by atoms with E-state index in [2.05, 4.69) is 21.0 Å². The normalized spacial score (nSPS) is 11.0. The van der Waals surface area contributed by atoms with Gasteiger partial charge >= 0.3 is 0 Å². The van der Waals surface area contributed by atoms with Crippen LogP contribution in [-0.4, -0.2) is 15.6 Å². The number of hydrogen-bond donors (Lipinski definition) is 0. The molecule has 1 aromatic heterocycles. The second kappa shape index (κ2) is 5.78. The third-order valence-electron chi connectivity index (χ3n) is 2.53. The van der Waals surface area contributed by atoms with Gasteiger partial charge in [-0.2, -0.15) is 5.10 Å². The lowest BCUT2D eigenvalue weighted by Gasteiger charge is -1.95.